The molecule has 0 atom stereocenters. The minimum atomic E-state index is -0.0554. The normalized spacial score (nSPS) is 14.9. The van der Waals surface area contributed by atoms with Crippen LogP contribution in [0.5, 0.6) is 0 Å². The molecule has 1 aliphatic heterocycles. The number of amides is 1. The molecule has 0 saturated heterocycles. The van der Waals surface area contributed by atoms with Gasteiger partial charge in [0.2, 0.25) is 0 Å². The van der Waals surface area contributed by atoms with E-state index in [4.69, 9.17) is 11.6 Å². The molecule has 4 heteroatoms. The third-order valence-corrected chi connectivity index (χ3v) is 3.41. The van der Waals surface area contributed by atoms with Crippen LogP contribution in [0.15, 0.2) is 29.8 Å². The monoisotopic (exact) mass is 278 g/mol. The quantitative estimate of drug-likeness (QED) is 0.832. The zero-order valence-corrected chi connectivity index (χ0v) is 11.9. The zero-order chi connectivity index (χ0) is 13.7. The van der Waals surface area contributed by atoms with Gasteiger partial charge in [0.05, 0.1) is 0 Å². The summed E-state index contributed by atoms with van der Waals surface area (Å²) in [6.07, 6.45) is 4.21. The van der Waals surface area contributed by atoms with Crippen molar-refractivity contribution in [2.24, 2.45) is 0 Å². The predicted molar refractivity (Wildman–Crippen MR) is 78.7 cm³/mol. The van der Waals surface area contributed by atoms with E-state index in [1.807, 2.05) is 19.1 Å². The van der Waals surface area contributed by atoms with Crippen molar-refractivity contribution < 1.29 is 4.79 Å². The Morgan fingerprint density at radius 3 is 2.95 bits per heavy atom. The second kappa shape index (κ2) is 6.73. The smallest absolute Gasteiger partial charge is 0.251 e. The summed E-state index contributed by atoms with van der Waals surface area (Å²) in [5.41, 5.74) is 3.05. The molecule has 0 fully saturated rings. The summed E-state index contributed by atoms with van der Waals surface area (Å²) in [6, 6.07) is 5.40. The largest absolute Gasteiger partial charge is 0.352 e. The number of nitrogens with one attached hydrogen (secondary N) is 2. The lowest BCUT2D eigenvalue weighted by Crippen LogP contribution is -2.26. The van der Waals surface area contributed by atoms with Crippen molar-refractivity contribution in [3.63, 3.8) is 0 Å². The van der Waals surface area contributed by atoms with E-state index < -0.39 is 0 Å². The van der Waals surface area contributed by atoms with Crippen LogP contribution in [0.4, 0.5) is 0 Å². The molecule has 2 rings (SSSR count). The minimum Gasteiger partial charge on any atom is -0.352 e. The molecule has 0 aliphatic carbocycles. The lowest BCUT2D eigenvalue weighted by Gasteiger charge is -2.14. The molecule has 0 bridgehead atoms. The fourth-order valence-electron chi connectivity index (χ4n) is 2.20. The first kappa shape index (κ1) is 14.1. The molecule has 3 nitrogen and oxygen atoms in total. The van der Waals surface area contributed by atoms with E-state index in [2.05, 4.69) is 16.7 Å². The van der Waals surface area contributed by atoms with Crippen molar-refractivity contribution >= 4 is 17.5 Å². The first-order valence-corrected chi connectivity index (χ1v) is 6.97. The molecule has 0 spiro atoms. The van der Waals surface area contributed by atoms with Gasteiger partial charge in [0.25, 0.3) is 5.91 Å². The molecule has 1 heterocycles. The van der Waals surface area contributed by atoms with Gasteiger partial charge in [-0.2, -0.15) is 0 Å². The van der Waals surface area contributed by atoms with Crippen LogP contribution in [0.3, 0.4) is 0 Å². The van der Waals surface area contributed by atoms with Gasteiger partial charge in [0, 0.05) is 23.7 Å². The van der Waals surface area contributed by atoms with Gasteiger partial charge in [-0.15, -0.1) is 0 Å². The summed E-state index contributed by atoms with van der Waals surface area (Å²) in [4.78, 5) is 12.0. The average Bonchev–Trinajstić information content (AvgIpc) is 2.38. The first-order valence-electron chi connectivity index (χ1n) is 6.59. The molecular weight excluding hydrogens is 260 g/mol. The fraction of sp³-hybridized carbons (Fsp3) is 0.400. The lowest BCUT2D eigenvalue weighted by molar-refractivity contribution is 0.0954. The SMILES string of the molecule is Cc1cc(Cl)cc(C(=O)NCCC2=CCNCC2)c1. The van der Waals surface area contributed by atoms with E-state index in [1.165, 1.54) is 5.57 Å². The summed E-state index contributed by atoms with van der Waals surface area (Å²) in [6.45, 7) is 4.59. The Kier molecular flexibility index (Phi) is 5.00. The number of carbonyl (C=O) groups is 1. The Morgan fingerprint density at radius 1 is 1.42 bits per heavy atom. The van der Waals surface area contributed by atoms with Gasteiger partial charge in [-0.05, 0) is 50.1 Å². The van der Waals surface area contributed by atoms with Crippen molar-refractivity contribution in [1.29, 1.82) is 0 Å². The Bertz CT molecular complexity index is 477. The van der Waals surface area contributed by atoms with Crippen LogP contribution < -0.4 is 10.6 Å². The number of benzene rings is 1. The van der Waals surface area contributed by atoms with Gasteiger partial charge in [-0.3, -0.25) is 4.79 Å². The maximum atomic E-state index is 12.0. The van der Waals surface area contributed by atoms with Crippen LogP contribution in [0.2, 0.25) is 5.02 Å². The van der Waals surface area contributed by atoms with Gasteiger partial charge in [-0.25, -0.2) is 0 Å². The van der Waals surface area contributed by atoms with E-state index >= 15 is 0 Å². The van der Waals surface area contributed by atoms with Crippen molar-refractivity contribution in [3.8, 4) is 0 Å². The van der Waals surface area contributed by atoms with E-state index in [9.17, 15) is 4.79 Å². The van der Waals surface area contributed by atoms with Gasteiger partial charge in [0.15, 0.2) is 0 Å². The number of aryl methyl sites for hydroxylation is 1. The highest BCUT2D eigenvalue weighted by molar-refractivity contribution is 6.31. The van der Waals surface area contributed by atoms with E-state index in [0.717, 1.165) is 31.5 Å². The summed E-state index contributed by atoms with van der Waals surface area (Å²) in [5.74, 6) is -0.0554. The second-order valence-corrected chi connectivity index (χ2v) is 5.28. The highest BCUT2D eigenvalue weighted by atomic mass is 35.5. The van der Waals surface area contributed by atoms with Crippen LogP contribution in [-0.2, 0) is 0 Å². The Balaban J connectivity index is 1.85. The van der Waals surface area contributed by atoms with Crippen molar-refractivity contribution in [1.82, 2.24) is 10.6 Å². The van der Waals surface area contributed by atoms with E-state index in [1.54, 1.807) is 6.07 Å². The highest BCUT2D eigenvalue weighted by Crippen LogP contribution is 2.14. The van der Waals surface area contributed by atoms with Crippen molar-refractivity contribution in [2.45, 2.75) is 19.8 Å². The van der Waals surface area contributed by atoms with Gasteiger partial charge < -0.3 is 10.6 Å². The molecule has 1 aromatic rings. The molecule has 0 unspecified atom stereocenters. The van der Waals surface area contributed by atoms with Crippen LogP contribution in [0.1, 0.15) is 28.8 Å². The Morgan fingerprint density at radius 2 is 2.26 bits per heavy atom. The van der Waals surface area contributed by atoms with Crippen LogP contribution in [-0.4, -0.2) is 25.5 Å². The number of hydrogen-bond acceptors (Lipinski definition) is 2. The van der Waals surface area contributed by atoms with E-state index in [-0.39, 0.29) is 5.91 Å². The number of halogens is 1. The first-order chi connectivity index (χ1) is 9.15. The Hall–Kier alpha value is -1.32. The lowest BCUT2D eigenvalue weighted by atomic mass is 10.1. The molecule has 1 aromatic carbocycles. The molecular formula is C15H19ClN2O. The van der Waals surface area contributed by atoms with E-state index in [0.29, 0.717) is 17.1 Å². The Labute approximate surface area is 119 Å². The standard InChI is InChI=1S/C15H19ClN2O/c1-11-8-13(10-14(16)9-11)15(19)18-7-4-12-2-5-17-6-3-12/h2,8-10,17H,3-7H2,1H3,(H,18,19). The molecule has 0 saturated carbocycles. The number of hydrogen-bond donors (Lipinski definition) is 2. The van der Waals surface area contributed by atoms with Crippen molar-refractivity contribution in [2.75, 3.05) is 19.6 Å². The van der Waals surface area contributed by atoms with Crippen molar-refractivity contribution in [3.05, 3.63) is 46.0 Å². The third-order valence-electron chi connectivity index (χ3n) is 3.19. The third kappa shape index (κ3) is 4.37. The van der Waals surface area contributed by atoms with Gasteiger partial charge >= 0.3 is 0 Å². The summed E-state index contributed by atoms with van der Waals surface area (Å²) in [7, 11) is 0. The van der Waals surface area contributed by atoms with Crippen LogP contribution in [0, 0.1) is 6.92 Å². The molecule has 0 aromatic heterocycles. The zero-order valence-electron chi connectivity index (χ0n) is 11.1. The molecule has 19 heavy (non-hydrogen) atoms. The molecule has 2 N–H and O–H groups in total. The molecule has 0 radical (unpaired) electrons. The number of rotatable bonds is 4. The minimum absolute atomic E-state index is 0.0554. The summed E-state index contributed by atoms with van der Waals surface area (Å²) >= 11 is 5.95. The fourth-order valence-corrected chi connectivity index (χ4v) is 2.49. The predicted octanol–water partition coefficient (Wildman–Crippen LogP) is 2.69. The topological polar surface area (TPSA) is 41.1 Å². The maximum Gasteiger partial charge on any atom is 0.251 e. The molecule has 1 amide bonds. The summed E-state index contributed by atoms with van der Waals surface area (Å²) in [5, 5.41) is 6.82. The molecule has 102 valence electrons. The second-order valence-electron chi connectivity index (χ2n) is 4.84. The van der Waals surface area contributed by atoms with Gasteiger partial charge in [-0.1, -0.05) is 23.3 Å². The highest BCUT2D eigenvalue weighted by Gasteiger charge is 2.08. The van der Waals surface area contributed by atoms with Crippen LogP contribution >= 0.6 is 11.6 Å². The average molecular weight is 279 g/mol. The maximum absolute atomic E-state index is 12.0. The van der Waals surface area contributed by atoms with Gasteiger partial charge in [0.1, 0.15) is 0 Å². The number of carbonyl (C=O) groups excluding carboxylic acids is 1. The molecule has 1 aliphatic rings. The summed E-state index contributed by atoms with van der Waals surface area (Å²) < 4.78 is 0. The van der Waals surface area contributed by atoms with Crippen LogP contribution in [0.25, 0.3) is 0 Å².